The highest BCUT2D eigenvalue weighted by molar-refractivity contribution is 5.81. The van der Waals surface area contributed by atoms with Gasteiger partial charge in [-0.25, -0.2) is 0 Å². The topological polar surface area (TPSA) is 66.4 Å². The maximum atomic E-state index is 12.0. The van der Waals surface area contributed by atoms with E-state index in [4.69, 9.17) is 5.11 Å². The highest BCUT2D eigenvalue weighted by Crippen LogP contribution is 2.32. The van der Waals surface area contributed by atoms with E-state index in [0.29, 0.717) is 24.8 Å². The van der Waals surface area contributed by atoms with Crippen LogP contribution < -0.4 is 5.32 Å². The number of carbonyl (C=O) groups is 2. The van der Waals surface area contributed by atoms with Gasteiger partial charge in [-0.15, -0.1) is 0 Å². The second-order valence-electron chi connectivity index (χ2n) is 5.57. The molecule has 2 rings (SSSR count). The number of nitrogens with one attached hydrogen (secondary N) is 1. The lowest BCUT2D eigenvalue weighted by atomic mass is 10.0. The summed E-state index contributed by atoms with van der Waals surface area (Å²) in [5.74, 6) is -0.506. The summed E-state index contributed by atoms with van der Waals surface area (Å²) in [6.07, 6.45) is 5.34. The Kier molecular flexibility index (Phi) is 3.69. The molecule has 0 bridgehead atoms. The molecule has 2 unspecified atom stereocenters. The SMILES string of the molecule is CC1CCCC1NC(=O)[C@@H]1CC[C@H](C(=O)O)C1. The molecule has 0 spiro atoms. The second-order valence-corrected chi connectivity index (χ2v) is 5.57. The van der Waals surface area contributed by atoms with Gasteiger partial charge in [-0.2, -0.15) is 0 Å². The van der Waals surface area contributed by atoms with Crippen LogP contribution in [0.25, 0.3) is 0 Å². The first kappa shape index (κ1) is 12.4. The highest BCUT2D eigenvalue weighted by Gasteiger charge is 2.35. The summed E-state index contributed by atoms with van der Waals surface area (Å²) < 4.78 is 0. The van der Waals surface area contributed by atoms with Crippen LogP contribution in [0.15, 0.2) is 0 Å². The lowest BCUT2D eigenvalue weighted by molar-refractivity contribution is -0.141. The lowest BCUT2D eigenvalue weighted by Gasteiger charge is -2.19. The molecule has 0 aromatic carbocycles. The monoisotopic (exact) mass is 239 g/mol. The maximum absolute atomic E-state index is 12.0. The van der Waals surface area contributed by atoms with Crippen molar-refractivity contribution in [3.8, 4) is 0 Å². The van der Waals surface area contributed by atoms with Crippen molar-refractivity contribution in [1.82, 2.24) is 5.32 Å². The molecule has 96 valence electrons. The van der Waals surface area contributed by atoms with Crippen molar-refractivity contribution in [2.75, 3.05) is 0 Å². The van der Waals surface area contributed by atoms with Gasteiger partial charge >= 0.3 is 5.97 Å². The summed E-state index contributed by atoms with van der Waals surface area (Å²) in [5, 5.41) is 12.0. The number of carboxylic acid groups (broad SMARTS) is 1. The van der Waals surface area contributed by atoms with Gasteiger partial charge in [0.1, 0.15) is 0 Å². The highest BCUT2D eigenvalue weighted by atomic mass is 16.4. The molecule has 2 saturated carbocycles. The van der Waals surface area contributed by atoms with E-state index in [1.54, 1.807) is 0 Å². The fourth-order valence-corrected chi connectivity index (χ4v) is 3.10. The third-order valence-corrected chi connectivity index (χ3v) is 4.34. The number of amides is 1. The summed E-state index contributed by atoms with van der Waals surface area (Å²) >= 11 is 0. The summed E-state index contributed by atoms with van der Waals surface area (Å²) in [5.41, 5.74) is 0. The Labute approximate surface area is 102 Å². The van der Waals surface area contributed by atoms with Crippen molar-refractivity contribution in [3.63, 3.8) is 0 Å². The molecule has 0 aromatic heterocycles. The van der Waals surface area contributed by atoms with Crippen molar-refractivity contribution >= 4 is 11.9 Å². The number of carboxylic acids is 1. The van der Waals surface area contributed by atoms with Crippen LogP contribution in [0.2, 0.25) is 0 Å². The van der Waals surface area contributed by atoms with E-state index in [1.807, 2.05) is 0 Å². The Balaban J connectivity index is 1.83. The molecule has 2 N–H and O–H groups in total. The van der Waals surface area contributed by atoms with Gasteiger partial charge in [-0.3, -0.25) is 9.59 Å². The van der Waals surface area contributed by atoms with E-state index in [0.717, 1.165) is 12.8 Å². The molecule has 0 aliphatic heterocycles. The van der Waals surface area contributed by atoms with E-state index in [-0.39, 0.29) is 17.7 Å². The zero-order valence-electron chi connectivity index (χ0n) is 10.3. The van der Waals surface area contributed by atoms with Gasteiger partial charge in [0.15, 0.2) is 0 Å². The molecule has 4 atom stereocenters. The second kappa shape index (κ2) is 5.07. The molecule has 4 heteroatoms. The van der Waals surface area contributed by atoms with E-state index in [1.165, 1.54) is 12.8 Å². The van der Waals surface area contributed by atoms with Crippen molar-refractivity contribution in [2.24, 2.45) is 17.8 Å². The molecule has 0 saturated heterocycles. The van der Waals surface area contributed by atoms with Crippen LogP contribution in [0.4, 0.5) is 0 Å². The molecule has 0 aromatic rings. The van der Waals surface area contributed by atoms with Crippen molar-refractivity contribution in [3.05, 3.63) is 0 Å². The first-order chi connectivity index (χ1) is 8.08. The summed E-state index contributed by atoms with van der Waals surface area (Å²) in [4.78, 5) is 22.8. The maximum Gasteiger partial charge on any atom is 0.306 e. The lowest BCUT2D eigenvalue weighted by Crippen LogP contribution is -2.39. The first-order valence-corrected chi connectivity index (χ1v) is 6.61. The predicted molar refractivity (Wildman–Crippen MR) is 63.4 cm³/mol. The number of hydrogen-bond acceptors (Lipinski definition) is 2. The van der Waals surface area contributed by atoms with Crippen molar-refractivity contribution in [1.29, 1.82) is 0 Å². The van der Waals surface area contributed by atoms with Crippen LogP contribution >= 0.6 is 0 Å². The number of carbonyl (C=O) groups excluding carboxylic acids is 1. The van der Waals surface area contributed by atoms with Crippen molar-refractivity contribution < 1.29 is 14.7 Å². The van der Waals surface area contributed by atoms with Crippen molar-refractivity contribution in [2.45, 2.75) is 51.5 Å². The van der Waals surface area contributed by atoms with Crippen LogP contribution in [0.5, 0.6) is 0 Å². The average Bonchev–Trinajstić information content (AvgIpc) is 2.88. The zero-order chi connectivity index (χ0) is 12.4. The third kappa shape index (κ3) is 2.79. The number of aliphatic carboxylic acids is 1. The molecule has 1 amide bonds. The summed E-state index contributed by atoms with van der Waals surface area (Å²) in [6.45, 7) is 2.17. The fourth-order valence-electron chi connectivity index (χ4n) is 3.10. The van der Waals surface area contributed by atoms with Crippen LogP contribution in [0.3, 0.4) is 0 Å². The molecule has 2 fully saturated rings. The Morgan fingerprint density at radius 3 is 2.35 bits per heavy atom. The Hall–Kier alpha value is -1.06. The molecule has 4 nitrogen and oxygen atoms in total. The molecule has 0 radical (unpaired) electrons. The third-order valence-electron chi connectivity index (χ3n) is 4.34. The summed E-state index contributed by atoms with van der Waals surface area (Å²) in [7, 11) is 0. The van der Waals surface area contributed by atoms with Crippen LogP contribution in [0, 0.1) is 17.8 Å². The fraction of sp³-hybridized carbons (Fsp3) is 0.846. The predicted octanol–water partition coefficient (Wildman–Crippen LogP) is 1.79. The largest absolute Gasteiger partial charge is 0.481 e. The Bertz CT molecular complexity index is 316. The van der Waals surface area contributed by atoms with Gasteiger partial charge in [-0.1, -0.05) is 13.3 Å². The van der Waals surface area contributed by atoms with Gasteiger partial charge in [0.25, 0.3) is 0 Å². The van der Waals surface area contributed by atoms with Gasteiger partial charge in [0.2, 0.25) is 5.91 Å². The smallest absolute Gasteiger partial charge is 0.306 e. The van der Waals surface area contributed by atoms with E-state index in [2.05, 4.69) is 12.2 Å². The van der Waals surface area contributed by atoms with Gasteiger partial charge in [-0.05, 0) is 38.0 Å². The molecular weight excluding hydrogens is 218 g/mol. The van der Waals surface area contributed by atoms with E-state index < -0.39 is 5.97 Å². The standard InChI is InChI=1S/C13H21NO3/c1-8-3-2-4-11(8)14-12(15)9-5-6-10(7-9)13(16)17/h8-11H,2-7H2,1H3,(H,14,15)(H,16,17)/t8?,9-,10+,11?/m1/s1. The Morgan fingerprint density at radius 2 is 1.82 bits per heavy atom. The normalized spacial score (nSPS) is 37.0. The molecular formula is C13H21NO3. The molecule has 17 heavy (non-hydrogen) atoms. The molecule has 2 aliphatic rings. The minimum absolute atomic E-state index is 0.0764. The summed E-state index contributed by atoms with van der Waals surface area (Å²) in [6, 6.07) is 0.311. The number of rotatable bonds is 3. The first-order valence-electron chi connectivity index (χ1n) is 6.61. The van der Waals surface area contributed by atoms with Crippen LogP contribution in [0.1, 0.15) is 45.4 Å². The zero-order valence-corrected chi connectivity index (χ0v) is 10.3. The molecule has 2 aliphatic carbocycles. The number of hydrogen-bond donors (Lipinski definition) is 2. The van der Waals surface area contributed by atoms with Gasteiger partial charge < -0.3 is 10.4 Å². The van der Waals surface area contributed by atoms with Crippen LogP contribution in [-0.4, -0.2) is 23.0 Å². The van der Waals surface area contributed by atoms with E-state index in [9.17, 15) is 9.59 Å². The minimum atomic E-state index is -0.755. The average molecular weight is 239 g/mol. The van der Waals surface area contributed by atoms with E-state index >= 15 is 0 Å². The Morgan fingerprint density at radius 1 is 1.12 bits per heavy atom. The van der Waals surface area contributed by atoms with Gasteiger partial charge in [0.05, 0.1) is 5.92 Å². The molecule has 0 heterocycles. The van der Waals surface area contributed by atoms with Gasteiger partial charge in [0, 0.05) is 12.0 Å². The quantitative estimate of drug-likeness (QED) is 0.789. The van der Waals surface area contributed by atoms with Crippen LogP contribution in [-0.2, 0) is 9.59 Å². The minimum Gasteiger partial charge on any atom is -0.481 e.